The molecule has 1 aliphatic rings. The Hall–Kier alpha value is -1.85. The van der Waals surface area contributed by atoms with Crippen LogP contribution >= 0.6 is 27.5 Å². The van der Waals surface area contributed by atoms with Crippen molar-refractivity contribution < 1.29 is 9.59 Å². The first-order valence-electron chi connectivity index (χ1n) is 8.06. The molecule has 0 saturated carbocycles. The zero-order valence-electron chi connectivity index (χ0n) is 13.7. The topological polar surface area (TPSA) is 49.4 Å². The molecule has 0 unspecified atom stereocenters. The fourth-order valence-corrected chi connectivity index (χ4v) is 3.44. The Morgan fingerprint density at radius 3 is 2.68 bits per heavy atom. The lowest BCUT2D eigenvalue weighted by Gasteiger charge is -2.25. The van der Waals surface area contributed by atoms with Gasteiger partial charge in [0, 0.05) is 23.1 Å². The average Bonchev–Trinajstić information content (AvgIpc) is 3.00. The van der Waals surface area contributed by atoms with Gasteiger partial charge in [0.15, 0.2) is 0 Å². The summed E-state index contributed by atoms with van der Waals surface area (Å²) in [5.41, 5.74) is 1.69. The number of nitrogens with zero attached hydrogens (tertiary/aromatic N) is 1. The maximum atomic E-state index is 12.5. The molecule has 0 radical (unpaired) electrons. The number of benzene rings is 2. The van der Waals surface area contributed by atoms with Crippen LogP contribution in [0.3, 0.4) is 0 Å². The van der Waals surface area contributed by atoms with Crippen LogP contribution in [0, 0.1) is 5.92 Å². The predicted octanol–water partition coefficient (Wildman–Crippen LogP) is 4.65. The zero-order chi connectivity index (χ0) is 18.0. The van der Waals surface area contributed by atoms with Crippen LogP contribution in [0.5, 0.6) is 0 Å². The third kappa shape index (κ3) is 4.05. The van der Waals surface area contributed by atoms with E-state index in [1.807, 2.05) is 37.3 Å². The lowest BCUT2D eigenvalue weighted by molar-refractivity contribution is -0.129. The molecule has 0 aliphatic carbocycles. The van der Waals surface area contributed by atoms with E-state index >= 15 is 0 Å². The van der Waals surface area contributed by atoms with Crippen LogP contribution in [-0.2, 0) is 9.59 Å². The van der Waals surface area contributed by atoms with Gasteiger partial charge in [-0.05, 0) is 46.6 Å². The molecule has 6 heteroatoms. The van der Waals surface area contributed by atoms with Crippen LogP contribution in [-0.4, -0.2) is 23.3 Å². The van der Waals surface area contributed by atoms with Gasteiger partial charge in [0.1, 0.15) is 0 Å². The number of hydrogen-bond donors (Lipinski definition) is 1. The number of carbonyl (C=O) groups is 2. The molecule has 1 N–H and O–H groups in total. The van der Waals surface area contributed by atoms with Gasteiger partial charge >= 0.3 is 0 Å². The second-order valence-corrected chi connectivity index (χ2v) is 7.41. The van der Waals surface area contributed by atoms with Gasteiger partial charge in [0.25, 0.3) is 0 Å². The van der Waals surface area contributed by atoms with Crippen molar-refractivity contribution in [2.45, 2.75) is 19.4 Å². The molecule has 2 atom stereocenters. The van der Waals surface area contributed by atoms with Crippen LogP contribution in [0.2, 0.25) is 5.02 Å². The van der Waals surface area contributed by atoms with Gasteiger partial charge in [-0.2, -0.15) is 0 Å². The molecule has 2 amide bonds. The third-order valence-electron chi connectivity index (χ3n) is 4.47. The van der Waals surface area contributed by atoms with Gasteiger partial charge in [-0.3, -0.25) is 9.59 Å². The van der Waals surface area contributed by atoms with E-state index in [0.29, 0.717) is 17.3 Å². The largest absolute Gasteiger partial charge is 0.335 e. The summed E-state index contributed by atoms with van der Waals surface area (Å²) in [6, 6.07) is 15.0. The smallest absolute Gasteiger partial charge is 0.229 e. The molecule has 130 valence electrons. The number of rotatable bonds is 4. The average molecular weight is 422 g/mol. The summed E-state index contributed by atoms with van der Waals surface area (Å²) in [6.45, 7) is 2.41. The number of halogens is 2. The van der Waals surface area contributed by atoms with E-state index in [9.17, 15) is 9.59 Å². The Balaban J connectivity index is 1.67. The van der Waals surface area contributed by atoms with Crippen molar-refractivity contribution in [3.05, 3.63) is 63.6 Å². The summed E-state index contributed by atoms with van der Waals surface area (Å²) < 4.78 is 0.770. The maximum Gasteiger partial charge on any atom is 0.229 e. The van der Waals surface area contributed by atoms with E-state index < -0.39 is 0 Å². The lowest BCUT2D eigenvalue weighted by atomic mass is 10.1. The monoisotopic (exact) mass is 420 g/mol. The SMILES string of the molecule is C[C@@H](c1ccccc1)N1C[C@@H](C(=O)Nc2ccc(Br)c(Cl)c2)CC1=O. The van der Waals surface area contributed by atoms with Gasteiger partial charge in [-0.15, -0.1) is 0 Å². The molecule has 0 aromatic heterocycles. The minimum Gasteiger partial charge on any atom is -0.335 e. The number of likely N-dealkylation sites (tertiary alicyclic amines) is 1. The van der Waals surface area contributed by atoms with Gasteiger partial charge in [-0.25, -0.2) is 0 Å². The summed E-state index contributed by atoms with van der Waals surface area (Å²) in [4.78, 5) is 26.7. The van der Waals surface area contributed by atoms with Crippen molar-refractivity contribution in [2.24, 2.45) is 5.92 Å². The van der Waals surface area contributed by atoms with Gasteiger partial charge < -0.3 is 10.2 Å². The molecular formula is C19H18BrClN2O2. The van der Waals surface area contributed by atoms with Crippen LogP contribution in [0.15, 0.2) is 53.0 Å². The molecule has 0 bridgehead atoms. The molecule has 3 rings (SSSR count). The van der Waals surface area contributed by atoms with Crippen molar-refractivity contribution in [2.75, 3.05) is 11.9 Å². The van der Waals surface area contributed by atoms with Crippen LogP contribution < -0.4 is 5.32 Å². The van der Waals surface area contributed by atoms with E-state index in [4.69, 9.17) is 11.6 Å². The Kier molecular flexibility index (Phi) is 5.45. The number of amides is 2. The van der Waals surface area contributed by atoms with Crippen LogP contribution in [0.25, 0.3) is 0 Å². The second kappa shape index (κ2) is 7.58. The van der Waals surface area contributed by atoms with Crippen LogP contribution in [0.1, 0.15) is 24.9 Å². The maximum absolute atomic E-state index is 12.5. The summed E-state index contributed by atoms with van der Waals surface area (Å²) in [6.07, 6.45) is 0.229. The molecule has 1 aliphatic heterocycles. The first-order chi connectivity index (χ1) is 12.0. The standard InChI is InChI=1S/C19H18BrClN2O2/c1-12(13-5-3-2-4-6-13)23-11-14(9-18(23)24)19(25)22-15-7-8-16(20)17(21)10-15/h2-8,10,12,14H,9,11H2,1H3,(H,22,25)/t12-,14-/m0/s1. The summed E-state index contributed by atoms with van der Waals surface area (Å²) in [5, 5.41) is 3.38. The third-order valence-corrected chi connectivity index (χ3v) is 5.70. The molecule has 25 heavy (non-hydrogen) atoms. The summed E-state index contributed by atoms with van der Waals surface area (Å²) in [7, 11) is 0. The minimum absolute atomic E-state index is 0.00495. The summed E-state index contributed by atoms with van der Waals surface area (Å²) in [5.74, 6) is -0.513. The highest BCUT2D eigenvalue weighted by Gasteiger charge is 2.37. The van der Waals surface area contributed by atoms with Crippen molar-refractivity contribution in [3.63, 3.8) is 0 Å². The number of nitrogens with one attached hydrogen (secondary N) is 1. The number of hydrogen-bond acceptors (Lipinski definition) is 2. The molecule has 2 aromatic rings. The first-order valence-corrected chi connectivity index (χ1v) is 9.23. The molecule has 1 saturated heterocycles. The predicted molar refractivity (Wildman–Crippen MR) is 102 cm³/mol. The Bertz CT molecular complexity index is 797. The zero-order valence-corrected chi connectivity index (χ0v) is 16.0. The quantitative estimate of drug-likeness (QED) is 0.781. The number of carbonyl (C=O) groups excluding carboxylic acids is 2. The minimum atomic E-state index is -0.360. The van der Waals surface area contributed by atoms with Gasteiger partial charge in [0.05, 0.1) is 17.0 Å². The molecule has 2 aromatic carbocycles. The van der Waals surface area contributed by atoms with Crippen molar-refractivity contribution in [1.29, 1.82) is 0 Å². The highest BCUT2D eigenvalue weighted by Crippen LogP contribution is 2.30. The lowest BCUT2D eigenvalue weighted by Crippen LogP contribution is -2.30. The fraction of sp³-hybridized carbons (Fsp3) is 0.263. The van der Waals surface area contributed by atoms with E-state index in [-0.39, 0.29) is 30.2 Å². The molecular weight excluding hydrogens is 404 g/mol. The molecule has 4 nitrogen and oxygen atoms in total. The highest BCUT2D eigenvalue weighted by atomic mass is 79.9. The van der Waals surface area contributed by atoms with E-state index in [0.717, 1.165) is 10.0 Å². The fourth-order valence-electron chi connectivity index (χ4n) is 3.01. The summed E-state index contributed by atoms with van der Waals surface area (Å²) >= 11 is 9.37. The van der Waals surface area contributed by atoms with E-state index in [1.54, 1.807) is 23.1 Å². The van der Waals surface area contributed by atoms with Crippen LogP contribution in [0.4, 0.5) is 5.69 Å². The Morgan fingerprint density at radius 1 is 1.28 bits per heavy atom. The number of anilines is 1. The van der Waals surface area contributed by atoms with Crippen molar-refractivity contribution >= 4 is 45.0 Å². The highest BCUT2D eigenvalue weighted by molar-refractivity contribution is 9.10. The molecule has 0 spiro atoms. The molecule has 1 heterocycles. The first kappa shape index (κ1) is 18.0. The van der Waals surface area contributed by atoms with Crippen molar-refractivity contribution in [1.82, 2.24) is 4.90 Å². The van der Waals surface area contributed by atoms with E-state index in [1.165, 1.54) is 0 Å². The van der Waals surface area contributed by atoms with Gasteiger partial charge in [-0.1, -0.05) is 41.9 Å². The van der Waals surface area contributed by atoms with E-state index in [2.05, 4.69) is 21.2 Å². The Morgan fingerprint density at radius 2 is 2.00 bits per heavy atom. The Labute approximate surface area is 160 Å². The second-order valence-electron chi connectivity index (χ2n) is 6.15. The van der Waals surface area contributed by atoms with Gasteiger partial charge in [0.2, 0.25) is 11.8 Å². The van der Waals surface area contributed by atoms with Crippen molar-refractivity contribution in [3.8, 4) is 0 Å². The normalized spacial score (nSPS) is 18.3. The molecule has 1 fully saturated rings.